The van der Waals surface area contributed by atoms with Crippen molar-refractivity contribution < 1.29 is 14.5 Å². The minimum Gasteiger partial charge on any atom is -0.490 e. The van der Waals surface area contributed by atoms with Gasteiger partial charge in [0.2, 0.25) is 0 Å². The Balaban J connectivity index is 1.67. The van der Waals surface area contributed by atoms with Crippen molar-refractivity contribution in [2.75, 3.05) is 7.11 Å². The largest absolute Gasteiger partial charge is 0.490 e. The van der Waals surface area contributed by atoms with Crippen LogP contribution in [0, 0.1) is 24.0 Å². The minimum atomic E-state index is -0.460. The number of benzene rings is 2. The molecule has 0 saturated heterocycles. The predicted octanol–water partition coefficient (Wildman–Crippen LogP) is 5.35. The number of carbonyl (C=O) groups excluding carboxylic acids is 1. The van der Waals surface area contributed by atoms with E-state index >= 15 is 0 Å². The van der Waals surface area contributed by atoms with Gasteiger partial charge >= 0.3 is 5.69 Å². The Morgan fingerprint density at radius 1 is 1.19 bits per heavy atom. The standard InChI is InChI=1S/C24H23N3O4S/c1-14-5-6-17(11-15(14)2)21(28)9-8-19-23(25-24-26(19)13-16(3)32-24)18-7-10-22(31-4)20(12-18)27(29)30/h5-13,19,23H,1-4H3/b9-8+. The number of ether oxygens (including phenoxy) is 1. The van der Waals surface area contributed by atoms with E-state index in [1.807, 2.05) is 56.1 Å². The van der Waals surface area contributed by atoms with Gasteiger partial charge in [-0.15, -0.1) is 0 Å². The van der Waals surface area contributed by atoms with Crippen LogP contribution in [0.3, 0.4) is 0 Å². The molecule has 2 atom stereocenters. The van der Waals surface area contributed by atoms with Crippen molar-refractivity contribution in [1.29, 1.82) is 0 Å². The zero-order chi connectivity index (χ0) is 23.0. The van der Waals surface area contributed by atoms with E-state index in [-0.39, 0.29) is 29.3 Å². The van der Waals surface area contributed by atoms with Crippen LogP contribution in [-0.4, -0.2) is 33.9 Å². The van der Waals surface area contributed by atoms with Crippen molar-refractivity contribution in [2.45, 2.75) is 32.9 Å². The molecule has 0 spiro atoms. The van der Waals surface area contributed by atoms with Gasteiger partial charge in [0.15, 0.2) is 16.7 Å². The number of amidine groups is 1. The van der Waals surface area contributed by atoms with Gasteiger partial charge in [-0.2, -0.15) is 0 Å². The molecule has 0 N–H and O–H groups in total. The van der Waals surface area contributed by atoms with E-state index in [4.69, 9.17) is 9.73 Å². The number of aryl methyl sites for hydroxylation is 2. The highest BCUT2D eigenvalue weighted by atomic mass is 32.2. The molecule has 7 nitrogen and oxygen atoms in total. The first-order chi connectivity index (χ1) is 15.3. The summed E-state index contributed by atoms with van der Waals surface area (Å²) in [6, 6.07) is 9.89. The molecular weight excluding hydrogens is 426 g/mol. The summed E-state index contributed by atoms with van der Waals surface area (Å²) in [6.07, 6.45) is 5.41. The number of nitrogens with zero attached hydrogens (tertiary/aromatic N) is 3. The Hall–Kier alpha value is -3.39. The summed E-state index contributed by atoms with van der Waals surface area (Å²) in [5, 5.41) is 12.3. The lowest BCUT2D eigenvalue weighted by Crippen LogP contribution is -2.28. The van der Waals surface area contributed by atoms with E-state index in [0.29, 0.717) is 11.1 Å². The molecule has 0 saturated carbocycles. The summed E-state index contributed by atoms with van der Waals surface area (Å²) in [7, 11) is 1.40. The summed E-state index contributed by atoms with van der Waals surface area (Å²) in [6.45, 7) is 5.99. The highest BCUT2D eigenvalue weighted by Gasteiger charge is 2.38. The van der Waals surface area contributed by atoms with Crippen LogP contribution in [0.2, 0.25) is 0 Å². The lowest BCUT2D eigenvalue weighted by Gasteiger charge is -2.22. The number of allylic oxidation sites excluding steroid dienone is 2. The van der Waals surface area contributed by atoms with Crippen LogP contribution in [0.5, 0.6) is 5.75 Å². The Bertz CT molecular complexity index is 1200. The molecule has 0 aliphatic carbocycles. The fourth-order valence-electron chi connectivity index (χ4n) is 3.81. The molecule has 2 unspecified atom stereocenters. The minimum absolute atomic E-state index is 0.0893. The smallest absolute Gasteiger partial charge is 0.311 e. The second-order valence-electron chi connectivity index (χ2n) is 7.81. The molecule has 2 heterocycles. The number of hydrogen-bond acceptors (Lipinski definition) is 7. The van der Waals surface area contributed by atoms with Crippen molar-refractivity contribution in [3.63, 3.8) is 0 Å². The third-order valence-electron chi connectivity index (χ3n) is 5.67. The molecule has 2 aromatic carbocycles. The maximum Gasteiger partial charge on any atom is 0.311 e. The van der Waals surface area contributed by atoms with Crippen molar-refractivity contribution in [2.24, 2.45) is 4.99 Å². The summed E-state index contributed by atoms with van der Waals surface area (Å²) >= 11 is 1.55. The first-order valence-corrected chi connectivity index (χ1v) is 10.9. The molecule has 0 radical (unpaired) electrons. The maximum absolute atomic E-state index is 12.8. The monoisotopic (exact) mass is 449 g/mol. The highest BCUT2D eigenvalue weighted by Crippen LogP contribution is 2.43. The molecule has 8 heteroatoms. The third kappa shape index (κ3) is 4.05. The van der Waals surface area contributed by atoms with Gasteiger partial charge < -0.3 is 9.64 Å². The number of ketones is 1. The van der Waals surface area contributed by atoms with Gasteiger partial charge in [0.25, 0.3) is 0 Å². The summed E-state index contributed by atoms with van der Waals surface area (Å²) in [5.74, 6) is 0.112. The molecule has 164 valence electrons. The molecular formula is C24H23N3O4S. The number of methoxy groups -OCH3 is 1. The van der Waals surface area contributed by atoms with E-state index in [0.717, 1.165) is 21.2 Å². The number of aliphatic imine (C=N–C) groups is 1. The fraction of sp³-hybridized carbons (Fsp3) is 0.250. The SMILES string of the molecule is COc1ccc(C2N=C3SC(C)=CN3C2/C=C/C(=O)c2ccc(C)c(C)c2)cc1[N+](=O)[O-]. The molecule has 2 aliphatic rings. The summed E-state index contributed by atoms with van der Waals surface area (Å²) in [5.41, 5.74) is 3.41. The average molecular weight is 450 g/mol. The van der Waals surface area contributed by atoms with Gasteiger partial charge in [0.05, 0.1) is 18.1 Å². The van der Waals surface area contributed by atoms with Crippen molar-refractivity contribution in [3.8, 4) is 5.75 Å². The number of nitro benzene ring substituents is 1. The predicted molar refractivity (Wildman–Crippen MR) is 126 cm³/mol. The topological polar surface area (TPSA) is 85.0 Å². The Kier molecular flexibility index (Phi) is 5.88. The average Bonchev–Trinajstić information content (AvgIpc) is 3.29. The third-order valence-corrected chi connectivity index (χ3v) is 6.59. The van der Waals surface area contributed by atoms with Gasteiger partial charge in [-0.05, 0) is 55.7 Å². The van der Waals surface area contributed by atoms with Crippen LogP contribution >= 0.6 is 11.8 Å². The van der Waals surface area contributed by atoms with Gasteiger partial charge in [-0.1, -0.05) is 36.0 Å². The number of fused-ring (bicyclic) bond motifs is 1. The molecule has 2 aliphatic heterocycles. The van der Waals surface area contributed by atoms with Crippen LogP contribution in [-0.2, 0) is 0 Å². The molecule has 4 rings (SSSR count). The Morgan fingerprint density at radius 2 is 1.97 bits per heavy atom. The van der Waals surface area contributed by atoms with E-state index in [9.17, 15) is 14.9 Å². The van der Waals surface area contributed by atoms with Gasteiger partial charge in [-0.3, -0.25) is 19.9 Å². The Morgan fingerprint density at radius 3 is 2.66 bits per heavy atom. The number of nitro groups is 1. The number of rotatable bonds is 6. The van der Waals surface area contributed by atoms with Crippen LogP contribution < -0.4 is 4.74 Å². The van der Waals surface area contributed by atoms with E-state index in [2.05, 4.69) is 0 Å². The zero-order valence-electron chi connectivity index (χ0n) is 18.2. The molecule has 2 aromatic rings. The number of thioether (sulfide) groups is 1. The van der Waals surface area contributed by atoms with Crippen molar-refractivity contribution >= 4 is 28.4 Å². The lowest BCUT2D eigenvalue weighted by atomic mass is 9.97. The van der Waals surface area contributed by atoms with Crippen molar-refractivity contribution in [1.82, 2.24) is 4.90 Å². The Labute approximate surface area is 190 Å². The molecule has 32 heavy (non-hydrogen) atoms. The lowest BCUT2D eigenvalue weighted by molar-refractivity contribution is -0.385. The number of carbonyl (C=O) groups is 1. The van der Waals surface area contributed by atoms with Gasteiger partial charge in [0, 0.05) is 22.7 Å². The van der Waals surface area contributed by atoms with Crippen LogP contribution in [0.15, 0.2) is 64.6 Å². The van der Waals surface area contributed by atoms with Crippen molar-refractivity contribution in [3.05, 3.63) is 92.0 Å². The molecule has 0 fully saturated rings. The highest BCUT2D eigenvalue weighted by molar-refractivity contribution is 8.17. The molecule has 0 bridgehead atoms. The van der Waals surface area contributed by atoms with Crippen LogP contribution in [0.4, 0.5) is 5.69 Å². The second-order valence-corrected chi connectivity index (χ2v) is 9.02. The second kappa shape index (κ2) is 8.63. The first kappa shape index (κ1) is 21.8. The normalized spacial score (nSPS) is 19.7. The van der Waals surface area contributed by atoms with E-state index in [1.165, 1.54) is 13.2 Å². The maximum atomic E-state index is 12.8. The van der Waals surface area contributed by atoms with Gasteiger partial charge in [0.1, 0.15) is 6.04 Å². The molecule has 0 amide bonds. The van der Waals surface area contributed by atoms with E-state index < -0.39 is 4.92 Å². The zero-order valence-corrected chi connectivity index (χ0v) is 19.1. The number of hydrogen-bond donors (Lipinski definition) is 0. The molecule has 0 aromatic heterocycles. The first-order valence-electron chi connectivity index (χ1n) is 10.1. The van der Waals surface area contributed by atoms with E-state index in [1.54, 1.807) is 30.0 Å². The fourth-order valence-corrected chi connectivity index (χ4v) is 4.71. The van der Waals surface area contributed by atoms with Crippen LogP contribution in [0.1, 0.15) is 40.0 Å². The summed E-state index contributed by atoms with van der Waals surface area (Å²) in [4.78, 5) is 31.8. The quantitative estimate of drug-likeness (QED) is 0.256. The van der Waals surface area contributed by atoms with Gasteiger partial charge in [-0.25, -0.2) is 0 Å². The summed E-state index contributed by atoms with van der Waals surface area (Å²) < 4.78 is 5.13. The van der Waals surface area contributed by atoms with Crippen LogP contribution in [0.25, 0.3) is 0 Å².